The van der Waals surface area contributed by atoms with E-state index in [1.807, 2.05) is 0 Å². The van der Waals surface area contributed by atoms with E-state index in [1.54, 1.807) is 11.4 Å². The Hall–Kier alpha value is -0.630. The van der Waals surface area contributed by atoms with E-state index in [4.69, 9.17) is 11.6 Å². The van der Waals surface area contributed by atoms with Gasteiger partial charge in [-0.05, 0) is 38.1 Å². The first-order valence-electron chi connectivity index (χ1n) is 7.39. The molecule has 6 nitrogen and oxygen atoms in total. The molecule has 21 heavy (non-hydrogen) atoms. The average Bonchev–Trinajstić information content (AvgIpc) is 2.95. The topological polar surface area (TPSA) is 67.2 Å². The summed E-state index contributed by atoms with van der Waals surface area (Å²) in [6.07, 6.45) is 5.74. The molecule has 0 radical (unpaired) electrons. The van der Waals surface area contributed by atoms with Crippen LogP contribution in [0.15, 0.2) is 11.2 Å². The number of rotatable bonds is 6. The lowest BCUT2D eigenvalue weighted by Crippen LogP contribution is -2.42. The van der Waals surface area contributed by atoms with Gasteiger partial charge in [0.2, 0.25) is 0 Å². The lowest BCUT2D eigenvalue weighted by Gasteiger charge is -2.25. The van der Waals surface area contributed by atoms with E-state index in [0.29, 0.717) is 19.0 Å². The third-order valence-electron chi connectivity index (χ3n) is 4.17. The normalized spacial score (nSPS) is 23.1. The van der Waals surface area contributed by atoms with Crippen LogP contribution in [0.3, 0.4) is 0 Å². The minimum absolute atomic E-state index is 0.0998. The molecule has 1 saturated heterocycles. The summed E-state index contributed by atoms with van der Waals surface area (Å²) in [5.74, 6) is 0.494. The summed E-state index contributed by atoms with van der Waals surface area (Å²) in [5, 5.41) is 7.61. The fourth-order valence-electron chi connectivity index (χ4n) is 2.83. The summed E-state index contributed by atoms with van der Waals surface area (Å²) in [5.41, 5.74) is 0. The van der Waals surface area contributed by atoms with Gasteiger partial charge < -0.3 is 5.32 Å². The van der Waals surface area contributed by atoms with Crippen molar-refractivity contribution in [1.82, 2.24) is 19.4 Å². The third-order valence-corrected chi connectivity index (χ3v) is 6.51. The molecule has 1 N–H and O–H groups in total. The fraction of sp³-hybridized carbons (Fsp3) is 0.769. The minimum Gasteiger partial charge on any atom is -0.313 e. The summed E-state index contributed by atoms with van der Waals surface area (Å²) in [7, 11) is -1.99. The van der Waals surface area contributed by atoms with E-state index < -0.39 is 10.0 Å². The maximum absolute atomic E-state index is 12.9. The van der Waals surface area contributed by atoms with Gasteiger partial charge in [-0.1, -0.05) is 11.6 Å². The van der Waals surface area contributed by atoms with Gasteiger partial charge in [0.15, 0.2) is 5.03 Å². The van der Waals surface area contributed by atoms with Crippen LogP contribution in [-0.2, 0) is 17.1 Å². The number of nitrogens with zero attached hydrogens (tertiary/aromatic N) is 3. The second kappa shape index (κ2) is 5.87. The molecule has 8 heteroatoms. The van der Waals surface area contributed by atoms with Crippen LogP contribution in [-0.4, -0.2) is 48.2 Å². The van der Waals surface area contributed by atoms with Gasteiger partial charge in [-0.25, -0.2) is 8.42 Å². The van der Waals surface area contributed by atoms with Crippen LogP contribution in [0.5, 0.6) is 0 Å². The molecule has 1 aliphatic carbocycles. The number of halogens is 1. The van der Waals surface area contributed by atoms with Gasteiger partial charge >= 0.3 is 0 Å². The molecule has 3 rings (SSSR count). The van der Waals surface area contributed by atoms with Crippen molar-refractivity contribution in [2.45, 2.75) is 36.8 Å². The number of sulfonamides is 1. The summed E-state index contributed by atoms with van der Waals surface area (Å²) in [6, 6.07) is 0.241. The van der Waals surface area contributed by atoms with Crippen molar-refractivity contribution in [3.8, 4) is 0 Å². The van der Waals surface area contributed by atoms with Crippen LogP contribution in [0.1, 0.15) is 25.7 Å². The molecule has 1 aromatic rings. The van der Waals surface area contributed by atoms with Crippen LogP contribution in [0, 0.1) is 5.92 Å². The quantitative estimate of drug-likeness (QED) is 0.850. The molecule has 1 aromatic heterocycles. The first kappa shape index (κ1) is 15.3. The van der Waals surface area contributed by atoms with Crippen molar-refractivity contribution in [1.29, 1.82) is 0 Å². The Morgan fingerprint density at radius 2 is 2.19 bits per heavy atom. The lowest BCUT2D eigenvalue weighted by molar-refractivity contribution is 0.355. The number of hydrogen-bond donors (Lipinski definition) is 1. The fourth-order valence-corrected chi connectivity index (χ4v) is 5.00. The van der Waals surface area contributed by atoms with Crippen molar-refractivity contribution in [3.05, 3.63) is 11.2 Å². The SMILES string of the molecule is Cn1ncc(Cl)c1S(=O)(=O)N(CC1CC1)CC1CCCN1. The molecule has 1 aliphatic heterocycles. The Labute approximate surface area is 130 Å². The Morgan fingerprint density at radius 1 is 1.43 bits per heavy atom. The zero-order valence-corrected chi connectivity index (χ0v) is 13.7. The predicted octanol–water partition coefficient (Wildman–Crippen LogP) is 1.23. The van der Waals surface area contributed by atoms with Gasteiger partial charge in [-0.3, -0.25) is 4.68 Å². The van der Waals surface area contributed by atoms with Gasteiger partial charge in [0.25, 0.3) is 10.0 Å². The first-order chi connectivity index (χ1) is 9.98. The molecule has 118 valence electrons. The highest BCUT2D eigenvalue weighted by Gasteiger charge is 2.36. The summed E-state index contributed by atoms with van der Waals surface area (Å²) in [4.78, 5) is 0. The van der Waals surface area contributed by atoms with E-state index in [1.165, 1.54) is 10.9 Å². The average molecular weight is 333 g/mol. The van der Waals surface area contributed by atoms with Gasteiger partial charge in [-0.15, -0.1) is 0 Å². The maximum atomic E-state index is 12.9. The second-order valence-electron chi connectivity index (χ2n) is 5.98. The molecule has 2 fully saturated rings. The van der Waals surface area contributed by atoms with Crippen molar-refractivity contribution in [2.75, 3.05) is 19.6 Å². The maximum Gasteiger partial charge on any atom is 0.261 e. The molecule has 1 atom stereocenters. The minimum atomic E-state index is -3.60. The summed E-state index contributed by atoms with van der Waals surface area (Å²) >= 11 is 6.04. The molecular formula is C13H21ClN4O2S. The van der Waals surface area contributed by atoms with E-state index in [0.717, 1.165) is 32.2 Å². The first-order valence-corrected chi connectivity index (χ1v) is 9.21. The predicted molar refractivity (Wildman–Crippen MR) is 80.7 cm³/mol. The third kappa shape index (κ3) is 3.26. The Kier molecular flexibility index (Phi) is 4.27. The van der Waals surface area contributed by atoms with E-state index in [2.05, 4.69) is 10.4 Å². The highest BCUT2D eigenvalue weighted by molar-refractivity contribution is 7.89. The molecule has 0 amide bonds. The Bertz CT molecular complexity index is 586. The molecule has 2 aliphatic rings. The van der Waals surface area contributed by atoms with Crippen molar-refractivity contribution >= 4 is 21.6 Å². The zero-order chi connectivity index (χ0) is 15.0. The molecule has 1 saturated carbocycles. The number of aryl methyl sites for hydroxylation is 1. The van der Waals surface area contributed by atoms with Crippen molar-refractivity contribution in [2.24, 2.45) is 13.0 Å². The van der Waals surface area contributed by atoms with Gasteiger partial charge in [-0.2, -0.15) is 9.40 Å². The van der Waals surface area contributed by atoms with Crippen LogP contribution in [0.2, 0.25) is 5.02 Å². The van der Waals surface area contributed by atoms with Crippen LogP contribution in [0.25, 0.3) is 0 Å². The Morgan fingerprint density at radius 3 is 2.71 bits per heavy atom. The number of nitrogens with one attached hydrogen (secondary N) is 1. The van der Waals surface area contributed by atoms with Crippen LogP contribution in [0.4, 0.5) is 0 Å². The van der Waals surface area contributed by atoms with Gasteiger partial charge in [0.1, 0.15) is 0 Å². The van der Waals surface area contributed by atoms with Crippen molar-refractivity contribution in [3.63, 3.8) is 0 Å². The van der Waals surface area contributed by atoms with Crippen molar-refractivity contribution < 1.29 is 8.42 Å². The number of aromatic nitrogens is 2. The molecule has 0 bridgehead atoms. The standard InChI is InChI=1S/C13H21ClN4O2S/c1-17-13(12(14)7-16-17)21(19,20)18(8-10-4-5-10)9-11-3-2-6-15-11/h7,10-11,15H,2-6,8-9H2,1H3. The molecular weight excluding hydrogens is 312 g/mol. The second-order valence-corrected chi connectivity index (χ2v) is 8.24. The van der Waals surface area contributed by atoms with Gasteiger partial charge in [0, 0.05) is 26.2 Å². The van der Waals surface area contributed by atoms with E-state index in [-0.39, 0.29) is 16.1 Å². The smallest absolute Gasteiger partial charge is 0.261 e. The monoisotopic (exact) mass is 332 g/mol. The highest BCUT2D eigenvalue weighted by atomic mass is 35.5. The van der Waals surface area contributed by atoms with E-state index in [9.17, 15) is 8.42 Å². The van der Waals surface area contributed by atoms with Crippen LogP contribution < -0.4 is 5.32 Å². The Balaban J connectivity index is 1.86. The highest BCUT2D eigenvalue weighted by Crippen LogP contribution is 2.33. The number of hydrogen-bond acceptors (Lipinski definition) is 4. The van der Waals surface area contributed by atoms with Crippen LogP contribution >= 0.6 is 11.6 Å². The summed E-state index contributed by atoms with van der Waals surface area (Å²) in [6.45, 7) is 2.07. The molecule has 0 aromatic carbocycles. The molecule has 2 heterocycles. The zero-order valence-electron chi connectivity index (χ0n) is 12.1. The van der Waals surface area contributed by atoms with E-state index >= 15 is 0 Å². The lowest BCUT2D eigenvalue weighted by atomic mass is 10.2. The van der Waals surface area contributed by atoms with Gasteiger partial charge in [0.05, 0.1) is 11.2 Å². The largest absolute Gasteiger partial charge is 0.313 e. The molecule has 0 spiro atoms. The molecule has 1 unspecified atom stereocenters. The summed E-state index contributed by atoms with van der Waals surface area (Å²) < 4.78 is 28.8.